The van der Waals surface area contributed by atoms with Crippen molar-refractivity contribution in [2.45, 2.75) is 25.5 Å². The highest BCUT2D eigenvalue weighted by molar-refractivity contribution is 5.25. The average Bonchev–Trinajstić information content (AvgIpc) is 2.31. The molecule has 0 heterocycles. The van der Waals surface area contributed by atoms with E-state index in [1.165, 1.54) is 12.1 Å². The predicted octanol–water partition coefficient (Wildman–Crippen LogP) is 3.72. The van der Waals surface area contributed by atoms with Crippen molar-refractivity contribution in [3.05, 3.63) is 35.4 Å². The van der Waals surface area contributed by atoms with Crippen molar-refractivity contribution >= 4 is 0 Å². The number of hydrogen-bond acceptors (Lipinski definition) is 2. The SMILES string of the molecule is FC(F)(F)OCCCNCc1cccc(C(F)(F)F)c1. The molecule has 0 unspecified atom stereocenters. The van der Waals surface area contributed by atoms with Crippen LogP contribution in [-0.4, -0.2) is 19.5 Å². The van der Waals surface area contributed by atoms with Gasteiger partial charge in [-0.3, -0.25) is 4.74 Å². The van der Waals surface area contributed by atoms with Crippen LogP contribution < -0.4 is 5.32 Å². The lowest BCUT2D eigenvalue weighted by Crippen LogP contribution is -2.20. The maximum atomic E-state index is 12.4. The van der Waals surface area contributed by atoms with Gasteiger partial charge in [0, 0.05) is 6.54 Å². The molecule has 1 aromatic carbocycles. The fourth-order valence-corrected chi connectivity index (χ4v) is 1.48. The second kappa shape index (κ2) is 6.94. The van der Waals surface area contributed by atoms with Gasteiger partial charge in [-0.2, -0.15) is 13.2 Å². The summed E-state index contributed by atoms with van der Waals surface area (Å²) in [7, 11) is 0. The molecule has 8 heteroatoms. The molecule has 1 N–H and O–H groups in total. The van der Waals surface area contributed by atoms with Gasteiger partial charge in [0.2, 0.25) is 0 Å². The molecular formula is C12H13F6NO. The van der Waals surface area contributed by atoms with E-state index in [2.05, 4.69) is 10.1 Å². The van der Waals surface area contributed by atoms with Gasteiger partial charge in [0.15, 0.2) is 0 Å². The molecule has 0 radical (unpaired) electrons. The maximum absolute atomic E-state index is 12.4. The van der Waals surface area contributed by atoms with Crippen LogP contribution in [0.2, 0.25) is 0 Å². The molecule has 0 atom stereocenters. The molecule has 0 saturated carbocycles. The number of alkyl halides is 6. The van der Waals surface area contributed by atoms with E-state index in [1.807, 2.05) is 0 Å². The summed E-state index contributed by atoms with van der Waals surface area (Å²) in [5, 5.41) is 2.75. The van der Waals surface area contributed by atoms with E-state index in [-0.39, 0.29) is 19.5 Å². The maximum Gasteiger partial charge on any atom is 0.522 e. The highest BCUT2D eigenvalue weighted by Gasteiger charge is 2.30. The van der Waals surface area contributed by atoms with Crippen molar-refractivity contribution in [2.24, 2.45) is 0 Å². The summed E-state index contributed by atoms with van der Waals surface area (Å²) in [5.74, 6) is 0. The number of halogens is 6. The predicted molar refractivity (Wildman–Crippen MR) is 59.8 cm³/mol. The van der Waals surface area contributed by atoms with Gasteiger partial charge in [-0.15, -0.1) is 13.2 Å². The number of hydrogen-bond donors (Lipinski definition) is 1. The zero-order valence-corrected chi connectivity index (χ0v) is 10.3. The largest absolute Gasteiger partial charge is 0.522 e. The summed E-state index contributed by atoms with van der Waals surface area (Å²) in [6.07, 6.45) is -8.95. The van der Waals surface area contributed by atoms with Gasteiger partial charge in [0.25, 0.3) is 0 Å². The Bertz CT molecular complexity index is 415. The second-order valence-corrected chi connectivity index (χ2v) is 4.02. The van der Waals surface area contributed by atoms with Crippen molar-refractivity contribution < 1.29 is 31.1 Å². The van der Waals surface area contributed by atoms with Crippen LogP contribution in [-0.2, 0) is 17.5 Å². The molecule has 20 heavy (non-hydrogen) atoms. The fourth-order valence-electron chi connectivity index (χ4n) is 1.48. The van der Waals surface area contributed by atoms with Crippen molar-refractivity contribution in [3.8, 4) is 0 Å². The van der Waals surface area contributed by atoms with Crippen molar-refractivity contribution in [3.63, 3.8) is 0 Å². The van der Waals surface area contributed by atoms with Crippen molar-refractivity contribution in [2.75, 3.05) is 13.2 Å². The Morgan fingerprint density at radius 1 is 1.05 bits per heavy atom. The van der Waals surface area contributed by atoms with Gasteiger partial charge in [-0.25, -0.2) is 0 Å². The lowest BCUT2D eigenvalue weighted by Gasteiger charge is -2.10. The van der Waals surface area contributed by atoms with E-state index in [1.54, 1.807) is 0 Å². The summed E-state index contributed by atoms with van der Waals surface area (Å²) in [5.41, 5.74) is -0.339. The lowest BCUT2D eigenvalue weighted by atomic mass is 10.1. The first kappa shape index (κ1) is 16.8. The molecule has 2 nitrogen and oxygen atoms in total. The lowest BCUT2D eigenvalue weighted by molar-refractivity contribution is -0.324. The molecule has 1 rings (SSSR count). The normalized spacial score (nSPS) is 12.7. The molecule has 1 aromatic rings. The molecule has 114 valence electrons. The van der Waals surface area contributed by atoms with Gasteiger partial charge in [-0.05, 0) is 24.6 Å². The minimum Gasteiger partial charge on any atom is -0.313 e. The van der Waals surface area contributed by atoms with Crippen LogP contribution >= 0.6 is 0 Å². The topological polar surface area (TPSA) is 21.3 Å². The standard InChI is InChI=1S/C12H13F6NO/c13-11(14,15)10-4-1-3-9(7-10)8-19-5-2-6-20-12(16,17)18/h1,3-4,7,19H,2,5-6,8H2. The molecule has 0 amide bonds. The van der Waals surface area contributed by atoms with E-state index in [0.29, 0.717) is 5.56 Å². The first-order valence-corrected chi connectivity index (χ1v) is 5.76. The molecule has 0 aliphatic heterocycles. The third kappa shape index (κ3) is 6.76. The molecule has 0 aliphatic carbocycles. The van der Waals surface area contributed by atoms with Crippen LogP contribution in [0.25, 0.3) is 0 Å². The zero-order chi connectivity index (χ0) is 15.2. The second-order valence-electron chi connectivity index (χ2n) is 4.02. The third-order valence-electron chi connectivity index (χ3n) is 2.35. The minimum atomic E-state index is -4.65. The number of ether oxygens (including phenoxy) is 1. The Labute approximate surface area is 111 Å². The van der Waals surface area contributed by atoms with Crippen LogP contribution in [0.15, 0.2) is 24.3 Å². The molecule has 0 saturated heterocycles. The van der Waals surface area contributed by atoms with E-state index in [9.17, 15) is 26.3 Å². The van der Waals surface area contributed by atoms with Gasteiger partial charge < -0.3 is 5.32 Å². The van der Waals surface area contributed by atoms with E-state index >= 15 is 0 Å². The Morgan fingerprint density at radius 2 is 1.75 bits per heavy atom. The molecule has 0 fully saturated rings. The van der Waals surface area contributed by atoms with E-state index < -0.39 is 24.7 Å². The third-order valence-corrected chi connectivity index (χ3v) is 2.35. The Balaban J connectivity index is 2.29. The highest BCUT2D eigenvalue weighted by Crippen LogP contribution is 2.29. The Hall–Kier alpha value is -1.28. The average molecular weight is 301 g/mol. The summed E-state index contributed by atoms with van der Waals surface area (Å²) in [4.78, 5) is 0. The molecule has 0 bridgehead atoms. The Morgan fingerprint density at radius 3 is 2.35 bits per heavy atom. The quantitative estimate of drug-likeness (QED) is 0.638. The smallest absolute Gasteiger partial charge is 0.313 e. The summed E-state index contributed by atoms with van der Waals surface area (Å²) >= 11 is 0. The van der Waals surface area contributed by atoms with Crippen LogP contribution in [0.4, 0.5) is 26.3 Å². The highest BCUT2D eigenvalue weighted by atomic mass is 19.4. The molecule has 0 spiro atoms. The summed E-state index contributed by atoms with van der Waals surface area (Å²) < 4.78 is 75.7. The monoisotopic (exact) mass is 301 g/mol. The van der Waals surface area contributed by atoms with Gasteiger partial charge in [-0.1, -0.05) is 18.2 Å². The van der Waals surface area contributed by atoms with Crippen LogP contribution in [0, 0.1) is 0 Å². The summed E-state index contributed by atoms with van der Waals surface area (Å²) in [6.45, 7) is -0.124. The van der Waals surface area contributed by atoms with Gasteiger partial charge in [0.1, 0.15) is 0 Å². The first-order valence-electron chi connectivity index (χ1n) is 5.76. The molecule has 0 aromatic heterocycles. The Kier molecular flexibility index (Phi) is 5.82. The zero-order valence-electron chi connectivity index (χ0n) is 10.3. The number of nitrogens with one attached hydrogen (secondary N) is 1. The van der Waals surface area contributed by atoms with Crippen LogP contribution in [0.1, 0.15) is 17.5 Å². The first-order chi connectivity index (χ1) is 9.18. The van der Waals surface area contributed by atoms with E-state index in [4.69, 9.17) is 0 Å². The fraction of sp³-hybridized carbons (Fsp3) is 0.500. The number of benzene rings is 1. The molecule has 0 aliphatic rings. The van der Waals surface area contributed by atoms with Crippen LogP contribution in [0.3, 0.4) is 0 Å². The minimum absolute atomic E-state index is 0.110. The summed E-state index contributed by atoms with van der Waals surface area (Å²) in [6, 6.07) is 4.75. The van der Waals surface area contributed by atoms with Gasteiger partial charge >= 0.3 is 12.5 Å². The van der Waals surface area contributed by atoms with E-state index in [0.717, 1.165) is 12.1 Å². The van der Waals surface area contributed by atoms with Crippen molar-refractivity contribution in [1.29, 1.82) is 0 Å². The molecular weight excluding hydrogens is 288 g/mol. The van der Waals surface area contributed by atoms with Crippen molar-refractivity contribution in [1.82, 2.24) is 5.32 Å². The number of rotatable bonds is 6. The van der Waals surface area contributed by atoms with Gasteiger partial charge in [0.05, 0.1) is 12.2 Å². The van der Waals surface area contributed by atoms with Crippen LogP contribution in [0.5, 0.6) is 0 Å².